The number of nitrogens with one attached hydrogen (secondary N) is 3. The number of aryl methyl sites for hydroxylation is 1. The number of carbonyl (C=O) groups is 1. The van der Waals surface area contributed by atoms with E-state index in [4.69, 9.17) is 0 Å². The molecule has 6 nitrogen and oxygen atoms in total. The number of carbonyl (C=O) groups excluding carboxylic acids is 1. The first-order chi connectivity index (χ1) is 12.9. The summed E-state index contributed by atoms with van der Waals surface area (Å²) in [7, 11) is -4.02. The standard InChI is InChI=1S/C19H20FN3O3S/c20-15-10-16-13(5-6-19(24)23-16)9-18(15)27(25,26)22-11-17-14-4-2-1-3-12(14)7-8-21-17/h1-4,9-10,17,21-22H,5-8,11H2,(H,23,24). The third-order valence-electron chi connectivity index (χ3n) is 5.04. The molecule has 1 unspecified atom stereocenters. The number of fused-ring (bicyclic) bond motifs is 2. The second-order valence-electron chi connectivity index (χ2n) is 6.80. The van der Waals surface area contributed by atoms with Crippen LogP contribution < -0.4 is 15.4 Å². The molecule has 4 rings (SSSR count). The van der Waals surface area contributed by atoms with Crippen molar-refractivity contribution in [3.63, 3.8) is 0 Å². The minimum atomic E-state index is -4.02. The Labute approximate surface area is 157 Å². The molecule has 8 heteroatoms. The minimum Gasteiger partial charge on any atom is -0.326 e. The summed E-state index contributed by atoms with van der Waals surface area (Å²) in [4.78, 5) is 11.0. The highest BCUT2D eigenvalue weighted by atomic mass is 32.2. The molecule has 0 aromatic heterocycles. The Morgan fingerprint density at radius 2 is 1.93 bits per heavy atom. The fourth-order valence-corrected chi connectivity index (χ4v) is 4.79. The number of benzene rings is 2. The van der Waals surface area contributed by atoms with Crippen molar-refractivity contribution in [2.24, 2.45) is 0 Å². The molecule has 0 aliphatic carbocycles. The van der Waals surface area contributed by atoms with Gasteiger partial charge in [0.05, 0.1) is 0 Å². The molecule has 0 saturated heterocycles. The summed E-state index contributed by atoms with van der Waals surface area (Å²) in [5.41, 5.74) is 3.21. The molecule has 142 valence electrons. The van der Waals surface area contributed by atoms with Crippen molar-refractivity contribution in [3.8, 4) is 0 Å². The quantitative estimate of drug-likeness (QED) is 0.745. The Hall–Kier alpha value is -2.29. The van der Waals surface area contributed by atoms with Crippen LogP contribution in [-0.4, -0.2) is 27.4 Å². The smallest absolute Gasteiger partial charge is 0.243 e. The van der Waals surface area contributed by atoms with Gasteiger partial charge in [-0.15, -0.1) is 0 Å². The van der Waals surface area contributed by atoms with Crippen molar-refractivity contribution in [3.05, 3.63) is 58.9 Å². The highest BCUT2D eigenvalue weighted by molar-refractivity contribution is 7.89. The molecule has 2 aliphatic heterocycles. The summed E-state index contributed by atoms with van der Waals surface area (Å²) in [6, 6.07) is 10.1. The Balaban J connectivity index is 1.56. The molecule has 0 bridgehead atoms. The zero-order valence-corrected chi connectivity index (χ0v) is 15.4. The number of halogens is 1. The van der Waals surface area contributed by atoms with E-state index in [0.29, 0.717) is 17.7 Å². The largest absolute Gasteiger partial charge is 0.326 e. The summed E-state index contributed by atoms with van der Waals surface area (Å²) < 4.78 is 42.3. The lowest BCUT2D eigenvalue weighted by molar-refractivity contribution is -0.116. The molecular formula is C19H20FN3O3S. The molecule has 0 radical (unpaired) electrons. The van der Waals surface area contributed by atoms with Crippen LogP contribution in [-0.2, 0) is 27.7 Å². The Morgan fingerprint density at radius 1 is 1.11 bits per heavy atom. The van der Waals surface area contributed by atoms with Gasteiger partial charge in [0, 0.05) is 24.7 Å². The lowest BCUT2D eigenvalue weighted by Gasteiger charge is -2.27. The Kier molecular flexibility index (Phi) is 4.71. The van der Waals surface area contributed by atoms with Gasteiger partial charge in [-0.3, -0.25) is 4.79 Å². The summed E-state index contributed by atoms with van der Waals surface area (Å²) in [6.07, 6.45) is 1.54. The van der Waals surface area contributed by atoms with Gasteiger partial charge in [-0.2, -0.15) is 0 Å². The predicted molar refractivity (Wildman–Crippen MR) is 99.4 cm³/mol. The highest BCUT2D eigenvalue weighted by Crippen LogP contribution is 2.28. The van der Waals surface area contributed by atoms with Gasteiger partial charge in [-0.05, 0) is 48.2 Å². The van der Waals surface area contributed by atoms with E-state index in [0.717, 1.165) is 24.6 Å². The number of anilines is 1. The third-order valence-corrected chi connectivity index (χ3v) is 6.47. The molecule has 2 aromatic rings. The van der Waals surface area contributed by atoms with Crippen LogP contribution in [0.15, 0.2) is 41.3 Å². The van der Waals surface area contributed by atoms with E-state index >= 15 is 0 Å². The normalized spacial score (nSPS) is 19.1. The molecule has 0 saturated carbocycles. The maximum Gasteiger partial charge on any atom is 0.243 e. The Morgan fingerprint density at radius 3 is 2.78 bits per heavy atom. The highest BCUT2D eigenvalue weighted by Gasteiger charge is 2.26. The fourth-order valence-electron chi connectivity index (χ4n) is 3.63. The van der Waals surface area contributed by atoms with Crippen molar-refractivity contribution >= 4 is 21.6 Å². The summed E-state index contributed by atoms with van der Waals surface area (Å²) in [5.74, 6) is -1.07. The lowest BCUT2D eigenvalue weighted by atomic mass is 9.95. The van der Waals surface area contributed by atoms with E-state index in [1.54, 1.807) is 0 Å². The first kappa shape index (κ1) is 18.1. The van der Waals surface area contributed by atoms with Crippen molar-refractivity contribution in [2.45, 2.75) is 30.2 Å². The summed E-state index contributed by atoms with van der Waals surface area (Å²) in [6.45, 7) is 0.892. The average Bonchev–Trinajstić information content (AvgIpc) is 2.65. The molecular weight excluding hydrogens is 369 g/mol. The van der Waals surface area contributed by atoms with Crippen LogP contribution in [0.3, 0.4) is 0 Å². The maximum absolute atomic E-state index is 14.4. The van der Waals surface area contributed by atoms with E-state index in [-0.39, 0.29) is 29.8 Å². The van der Waals surface area contributed by atoms with Gasteiger partial charge in [-0.1, -0.05) is 24.3 Å². The van der Waals surface area contributed by atoms with Crippen molar-refractivity contribution in [1.29, 1.82) is 0 Å². The second kappa shape index (κ2) is 7.03. The van der Waals surface area contributed by atoms with E-state index in [9.17, 15) is 17.6 Å². The van der Waals surface area contributed by atoms with Gasteiger partial charge in [0.15, 0.2) is 0 Å². The maximum atomic E-state index is 14.4. The summed E-state index contributed by atoms with van der Waals surface area (Å²) in [5, 5.41) is 5.87. The topological polar surface area (TPSA) is 87.3 Å². The van der Waals surface area contributed by atoms with Gasteiger partial charge < -0.3 is 10.6 Å². The molecule has 1 amide bonds. The number of sulfonamides is 1. The van der Waals surface area contributed by atoms with Crippen molar-refractivity contribution in [2.75, 3.05) is 18.4 Å². The third kappa shape index (κ3) is 3.60. The van der Waals surface area contributed by atoms with Crippen LogP contribution in [0.1, 0.15) is 29.2 Å². The SMILES string of the molecule is O=C1CCc2cc(S(=O)(=O)NCC3NCCc4ccccc43)c(F)cc2N1. The number of amides is 1. The average molecular weight is 389 g/mol. The molecule has 0 spiro atoms. The first-order valence-corrected chi connectivity index (χ1v) is 10.4. The molecule has 1 atom stereocenters. The lowest BCUT2D eigenvalue weighted by Crippen LogP contribution is -2.39. The fraction of sp³-hybridized carbons (Fsp3) is 0.316. The summed E-state index contributed by atoms with van der Waals surface area (Å²) >= 11 is 0. The monoisotopic (exact) mass is 389 g/mol. The molecule has 2 heterocycles. The predicted octanol–water partition coefficient (Wildman–Crippen LogP) is 1.88. The first-order valence-electron chi connectivity index (χ1n) is 8.87. The second-order valence-corrected chi connectivity index (χ2v) is 8.53. The number of rotatable bonds is 4. The zero-order valence-electron chi connectivity index (χ0n) is 14.6. The molecule has 2 aromatic carbocycles. The minimum absolute atomic E-state index is 0.132. The number of hydrogen-bond donors (Lipinski definition) is 3. The van der Waals surface area contributed by atoms with Gasteiger partial charge in [0.1, 0.15) is 10.7 Å². The van der Waals surface area contributed by atoms with E-state index < -0.39 is 15.8 Å². The number of hydrogen-bond acceptors (Lipinski definition) is 4. The van der Waals surface area contributed by atoms with Crippen molar-refractivity contribution in [1.82, 2.24) is 10.0 Å². The van der Waals surface area contributed by atoms with E-state index in [2.05, 4.69) is 15.4 Å². The molecule has 3 N–H and O–H groups in total. The van der Waals surface area contributed by atoms with Crippen LogP contribution in [0, 0.1) is 5.82 Å². The van der Waals surface area contributed by atoms with Gasteiger partial charge in [-0.25, -0.2) is 17.5 Å². The van der Waals surface area contributed by atoms with Crippen LogP contribution in [0.2, 0.25) is 0 Å². The van der Waals surface area contributed by atoms with Gasteiger partial charge >= 0.3 is 0 Å². The van der Waals surface area contributed by atoms with Crippen LogP contribution in [0.25, 0.3) is 0 Å². The zero-order chi connectivity index (χ0) is 19.0. The van der Waals surface area contributed by atoms with Crippen LogP contribution in [0.5, 0.6) is 0 Å². The van der Waals surface area contributed by atoms with E-state index in [1.807, 2.05) is 24.3 Å². The Bertz CT molecular complexity index is 1010. The van der Waals surface area contributed by atoms with E-state index in [1.165, 1.54) is 11.6 Å². The molecule has 0 fully saturated rings. The molecule has 27 heavy (non-hydrogen) atoms. The van der Waals surface area contributed by atoms with Crippen molar-refractivity contribution < 1.29 is 17.6 Å². The van der Waals surface area contributed by atoms with Crippen LogP contribution in [0.4, 0.5) is 10.1 Å². The molecule has 2 aliphatic rings. The van der Waals surface area contributed by atoms with Gasteiger partial charge in [0.2, 0.25) is 15.9 Å². The van der Waals surface area contributed by atoms with Gasteiger partial charge in [0.25, 0.3) is 0 Å². The van der Waals surface area contributed by atoms with Crippen LogP contribution >= 0.6 is 0 Å².